The summed E-state index contributed by atoms with van der Waals surface area (Å²) in [6.07, 6.45) is 1.48. The quantitative estimate of drug-likeness (QED) is 0.816. The molecule has 0 spiro atoms. The van der Waals surface area contributed by atoms with E-state index >= 15 is 0 Å². The van der Waals surface area contributed by atoms with Crippen LogP contribution in [0.15, 0.2) is 29.0 Å². The molecule has 0 unspecified atom stereocenters. The van der Waals surface area contributed by atoms with Gasteiger partial charge in [-0.05, 0) is 18.2 Å². The molecule has 17 heavy (non-hydrogen) atoms. The summed E-state index contributed by atoms with van der Waals surface area (Å²) in [7, 11) is 1.71. The number of carbonyl (C=O) groups is 1. The number of carbonyl (C=O) groups excluding carboxylic acids is 1. The van der Waals surface area contributed by atoms with Gasteiger partial charge >= 0.3 is 0 Å². The number of hydrogen-bond acceptors (Lipinski definition) is 3. The Bertz CT molecular complexity index is 547. The standard InChI is InChI=1S/C11H9BrFN3O/c1-16-11(14-6-15-16)5-10(17)7-2-8(12)4-9(13)3-7/h2-4,6H,5H2,1H3. The SMILES string of the molecule is Cn1ncnc1CC(=O)c1cc(F)cc(Br)c1. The van der Waals surface area contributed by atoms with Crippen molar-refractivity contribution in [2.24, 2.45) is 7.05 Å². The van der Waals surface area contributed by atoms with E-state index in [4.69, 9.17) is 0 Å². The molecule has 0 fully saturated rings. The van der Waals surface area contributed by atoms with Gasteiger partial charge in [-0.15, -0.1) is 0 Å². The van der Waals surface area contributed by atoms with Gasteiger partial charge in [0.2, 0.25) is 0 Å². The lowest BCUT2D eigenvalue weighted by molar-refractivity contribution is 0.0989. The molecule has 1 aromatic carbocycles. The van der Waals surface area contributed by atoms with Gasteiger partial charge in [0.25, 0.3) is 0 Å². The van der Waals surface area contributed by atoms with Crippen molar-refractivity contribution in [2.75, 3.05) is 0 Å². The summed E-state index contributed by atoms with van der Waals surface area (Å²) in [5.74, 6) is -0.0858. The smallest absolute Gasteiger partial charge is 0.170 e. The highest BCUT2D eigenvalue weighted by Crippen LogP contribution is 2.16. The van der Waals surface area contributed by atoms with E-state index in [-0.39, 0.29) is 12.2 Å². The zero-order valence-electron chi connectivity index (χ0n) is 9.02. The van der Waals surface area contributed by atoms with E-state index < -0.39 is 5.82 Å². The summed E-state index contributed by atoms with van der Waals surface area (Å²) in [5, 5.41) is 3.87. The summed E-state index contributed by atoms with van der Waals surface area (Å²) >= 11 is 3.15. The lowest BCUT2D eigenvalue weighted by Crippen LogP contribution is -2.09. The van der Waals surface area contributed by atoms with Gasteiger partial charge in [-0.3, -0.25) is 9.48 Å². The average molecular weight is 298 g/mol. The van der Waals surface area contributed by atoms with Crippen molar-refractivity contribution in [2.45, 2.75) is 6.42 Å². The molecule has 1 aromatic heterocycles. The van der Waals surface area contributed by atoms with Gasteiger partial charge in [0.15, 0.2) is 5.78 Å². The van der Waals surface area contributed by atoms with E-state index in [0.29, 0.717) is 15.9 Å². The average Bonchev–Trinajstić information content (AvgIpc) is 2.63. The number of aromatic nitrogens is 3. The second-order valence-electron chi connectivity index (χ2n) is 3.56. The highest BCUT2D eigenvalue weighted by atomic mass is 79.9. The third-order valence-corrected chi connectivity index (χ3v) is 2.77. The molecule has 4 nitrogen and oxygen atoms in total. The Morgan fingerprint density at radius 1 is 1.47 bits per heavy atom. The van der Waals surface area contributed by atoms with Crippen molar-refractivity contribution >= 4 is 21.7 Å². The fourth-order valence-electron chi connectivity index (χ4n) is 1.44. The monoisotopic (exact) mass is 297 g/mol. The minimum Gasteiger partial charge on any atom is -0.294 e. The second-order valence-corrected chi connectivity index (χ2v) is 4.47. The van der Waals surface area contributed by atoms with Gasteiger partial charge in [0, 0.05) is 17.1 Å². The topological polar surface area (TPSA) is 47.8 Å². The Morgan fingerprint density at radius 3 is 2.82 bits per heavy atom. The number of benzene rings is 1. The molecule has 0 radical (unpaired) electrons. The van der Waals surface area contributed by atoms with Crippen molar-refractivity contribution in [1.82, 2.24) is 14.8 Å². The van der Waals surface area contributed by atoms with Crippen molar-refractivity contribution in [1.29, 1.82) is 0 Å². The Hall–Kier alpha value is -1.56. The highest BCUT2D eigenvalue weighted by molar-refractivity contribution is 9.10. The van der Waals surface area contributed by atoms with Crippen LogP contribution in [0, 0.1) is 5.82 Å². The Labute approximate surface area is 106 Å². The largest absolute Gasteiger partial charge is 0.294 e. The number of aryl methyl sites for hydroxylation is 1. The number of hydrogen-bond donors (Lipinski definition) is 0. The normalized spacial score (nSPS) is 10.5. The van der Waals surface area contributed by atoms with Crippen molar-refractivity contribution in [3.05, 3.63) is 46.2 Å². The Morgan fingerprint density at radius 2 is 2.24 bits per heavy atom. The molecule has 0 amide bonds. The van der Waals surface area contributed by atoms with Gasteiger partial charge in [0.1, 0.15) is 18.0 Å². The van der Waals surface area contributed by atoms with Gasteiger partial charge in [-0.1, -0.05) is 15.9 Å². The van der Waals surface area contributed by atoms with Crippen LogP contribution in [-0.2, 0) is 13.5 Å². The Kier molecular flexibility index (Phi) is 3.33. The molecule has 2 rings (SSSR count). The van der Waals surface area contributed by atoms with E-state index in [0.717, 1.165) is 0 Å². The molecule has 0 aliphatic carbocycles. The molecule has 88 valence electrons. The van der Waals surface area contributed by atoms with Crippen LogP contribution >= 0.6 is 15.9 Å². The summed E-state index contributed by atoms with van der Waals surface area (Å²) in [4.78, 5) is 15.9. The van der Waals surface area contributed by atoms with Gasteiger partial charge in [-0.2, -0.15) is 5.10 Å². The molecule has 2 aromatic rings. The van der Waals surface area contributed by atoms with E-state index in [9.17, 15) is 9.18 Å². The van der Waals surface area contributed by atoms with Crippen LogP contribution in [0.25, 0.3) is 0 Å². The minimum atomic E-state index is -0.444. The van der Waals surface area contributed by atoms with Crippen LogP contribution < -0.4 is 0 Å². The maximum Gasteiger partial charge on any atom is 0.170 e. The van der Waals surface area contributed by atoms with E-state index in [1.807, 2.05) is 0 Å². The third kappa shape index (κ3) is 2.76. The van der Waals surface area contributed by atoms with Crippen LogP contribution in [-0.4, -0.2) is 20.5 Å². The second kappa shape index (κ2) is 4.75. The van der Waals surface area contributed by atoms with Gasteiger partial charge < -0.3 is 0 Å². The van der Waals surface area contributed by atoms with Crippen molar-refractivity contribution in [3.63, 3.8) is 0 Å². The molecular weight excluding hydrogens is 289 g/mol. The zero-order valence-corrected chi connectivity index (χ0v) is 10.6. The molecule has 0 atom stereocenters. The summed E-state index contributed by atoms with van der Waals surface area (Å²) in [6.45, 7) is 0. The number of rotatable bonds is 3. The van der Waals surface area contributed by atoms with E-state index in [1.54, 1.807) is 13.1 Å². The number of halogens is 2. The number of ketones is 1. The Balaban J connectivity index is 2.23. The molecule has 0 bridgehead atoms. The summed E-state index contributed by atoms with van der Waals surface area (Å²) in [5.41, 5.74) is 0.319. The van der Waals surface area contributed by atoms with Gasteiger partial charge in [0.05, 0.1) is 6.42 Å². The molecular formula is C11H9BrFN3O. The van der Waals surface area contributed by atoms with Crippen molar-refractivity contribution < 1.29 is 9.18 Å². The van der Waals surface area contributed by atoms with Gasteiger partial charge in [-0.25, -0.2) is 9.37 Å². The van der Waals surface area contributed by atoms with Crippen molar-refractivity contribution in [3.8, 4) is 0 Å². The van der Waals surface area contributed by atoms with Crippen LogP contribution in [0.1, 0.15) is 16.2 Å². The first-order valence-corrected chi connectivity index (χ1v) is 5.68. The molecule has 6 heteroatoms. The number of Topliss-reactive ketones (excluding diaryl/α,β-unsaturated/α-hetero) is 1. The fourth-order valence-corrected chi connectivity index (χ4v) is 1.91. The first-order chi connectivity index (χ1) is 8.06. The van der Waals surface area contributed by atoms with E-state index in [1.165, 1.54) is 23.1 Å². The van der Waals surface area contributed by atoms with Crippen LogP contribution in [0.4, 0.5) is 4.39 Å². The zero-order chi connectivity index (χ0) is 12.4. The molecule has 0 aliphatic rings. The lowest BCUT2D eigenvalue weighted by atomic mass is 10.1. The van der Waals surface area contributed by atoms with Crippen LogP contribution in [0.3, 0.4) is 0 Å². The van der Waals surface area contributed by atoms with Crippen LogP contribution in [0.5, 0.6) is 0 Å². The van der Waals surface area contributed by atoms with E-state index in [2.05, 4.69) is 26.0 Å². The fraction of sp³-hybridized carbons (Fsp3) is 0.182. The summed E-state index contributed by atoms with van der Waals surface area (Å²) in [6, 6.07) is 4.10. The molecule has 1 heterocycles. The predicted octanol–water partition coefficient (Wildman–Crippen LogP) is 2.14. The molecule has 0 saturated heterocycles. The first-order valence-electron chi connectivity index (χ1n) is 4.88. The van der Waals surface area contributed by atoms with Crippen LogP contribution in [0.2, 0.25) is 0 Å². The predicted molar refractivity (Wildman–Crippen MR) is 63.1 cm³/mol. The minimum absolute atomic E-state index is 0.104. The first kappa shape index (κ1) is 11.9. The summed E-state index contributed by atoms with van der Waals surface area (Å²) < 4.78 is 15.2. The number of nitrogens with zero attached hydrogens (tertiary/aromatic N) is 3. The highest BCUT2D eigenvalue weighted by Gasteiger charge is 2.12. The molecule has 0 aliphatic heterocycles. The lowest BCUT2D eigenvalue weighted by Gasteiger charge is -2.02. The third-order valence-electron chi connectivity index (χ3n) is 2.31. The molecule has 0 saturated carbocycles. The maximum absolute atomic E-state index is 13.1. The maximum atomic E-state index is 13.1. The molecule has 0 N–H and O–H groups in total.